The maximum absolute atomic E-state index is 12.1. The highest BCUT2D eigenvalue weighted by molar-refractivity contribution is 5.95. The van der Waals surface area contributed by atoms with Gasteiger partial charge in [0.1, 0.15) is 23.0 Å². The summed E-state index contributed by atoms with van der Waals surface area (Å²) in [5.74, 6) is 1.02. The van der Waals surface area contributed by atoms with Gasteiger partial charge in [-0.05, 0) is 36.4 Å². The molecule has 2 aromatic rings. The van der Waals surface area contributed by atoms with E-state index in [2.05, 4.69) is 5.32 Å². The summed E-state index contributed by atoms with van der Waals surface area (Å²) in [6.07, 6.45) is 2.73. The molecule has 1 N–H and O–H groups in total. The predicted molar refractivity (Wildman–Crippen MR) is 108 cm³/mol. The number of nitrogens with one attached hydrogen (secondary N) is 1. The molecular weight excluding hydrogens is 378 g/mol. The number of hydrogen-bond acceptors (Lipinski definition) is 7. The first-order valence-corrected chi connectivity index (χ1v) is 8.59. The molecule has 154 valence electrons. The number of carbonyl (C=O) groups excluding carboxylic acids is 2. The average molecular weight is 401 g/mol. The quantitative estimate of drug-likeness (QED) is 0.510. The Morgan fingerprint density at radius 2 is 1.52 bits per heavy atom. The Labute approximate surface area is 169 Å². The van der Waals surface area contributed by atoms with E-state index < -0.39 is 18.5 Å². The summed E-state index contributed by atoms with van der Waals surface area (Å²) in [4.78, 5) is 24.0. The summed E-state index contributed by atoms with van der Waals surface area (Å²) >= 11 is 0. The summed E-state index contributed by atoms with van der Waals surface area (Å²) in [6, 6.07) is 10.1. The second kappa shape index (κ2) is 10.6. The Bertz CT molecular complexity index is 893. The van der Waals surface area contributed by atoms with Crippen LogP contribution < -0.4 is 24.3 Å². The monoisotopic (exact) mass is 401 g/mol. The molecule has 0 atom stereocenters. The minimum Gasteiger partial charge on any atom is -0.497 e. The Kier molecular flexibility index (Phi) is 7.90. The van der Waals surface area contributed by atoms with Crippen molar-refractivity contribution in [3.63, 3.8) is 0 Å². The molecule has 0 heterocycles. The number of anilines is 1. The molecule has 0 aliphatic rings. The average Bonchev–Trinajstić information content (AvgIpc) is 2.76. The highest BCUT2D eigenvalue weighted by Crippen LogP contribution is 2.29. The maximum atomic E-state index is 12.1. The molecule has 0 aliphatic heterocycles. The highest BCUT2D eigenvalue weighted by Gasteiger charge is 2.11. The topological polar surface area (TPSA) is 92.3 Å². The van der Waals surface area contributed by atoms with Gasteiger partial charge in [0.2, 0.25) is 0 Å². The molecule has 0 bridgehead atoms. The van der Waals surface area contributed by atoms with Crippen LogP contribution in [0.1, 0.15) is 5.56 Å². The maximum Gasteiger partial charge on any atom is 0.331 e. The molecule has 1 amide bonds. The zero-order valence-corrected chi connectivity index (χ0v) is 16.7. The van der Waals surface area contributed by atoms with Gasteiger partial charge in [-0.15, -0.1) is 0 Å². The van der Waals surface area contributed by atoms with Crippen molar-refractivity contribution >= 4 is 23.6 Å². The van der Waals surface area contributed by atoms with E-state index in [1.165, 1.54) is 33.5 Å². The van der Waals surface area contributed by atoms with Crippen LogP contribution in [0.5, 0.6) is 23.0 Å². The van der Waals surface area contributed by atoms with Crippen molar-refractivity contribution in [2.75, 3.05) is 40.4 Å². The SMILES string of the molecule is COc1ccc(OC)c(/C=C/C(=O)OCC(=O)Nc2ccc(OC)cc2OC)c1. The zero-order chi connectivity index (χ0) is 21.2. The van der Waals surface area contributed by atoms with Gasteiger partial charge in [0.05, 0.1) is 34.1 Å². The number of carbonyl (C=O) groups is 2. The summed E-state index contributed by atoms with van der Waals surface area (Å²) < 4.78 is 25.7. The summed E-state index contributed by atoms with van der Waals surface area (Å²) in [5.41, 5.74) is 1.07. The number of hydrogen-bond donors (Lipinski definition) is 1. The van der Waals surface area contributed by atoms with Crippen molar-refractivity contribution in [2.45, 2.75) is 0 Å². The molecule has 2 aromatic carbocycles. The molecule has 0 radical (unpaired) electrons. The van der Waals surface area contributed by atoms with Crippen LogP contribution in [0.25, 0.3) is 6.08 Å². The van der Waals surface area contributed by atoms with E-state index >= 15 is 0 Å². The molecule has 0 aliphatic carbocycles. The van der Waals surface area contributed by atoms with Crippen LogP contribution >= 0.6 is 0 Å². The van der Waals surface area contributed by atoms with Crippen molar-refractivity contribution < 1.29 is 33.3 Å². The van der Waals surface area contributed by atoms with Gasteiger partial charge in [0.25, 0.3) is 5.91 Å². The van der Waals surface area contributed by atoms with E-state index in [9.17, 15) is 9.59 Å². The Morgan fingerprint density at radius 3 is 2.17 bits per heavy atom. The van der Waals surface area contributed by atoms with Crippen LogP contribution in [0.15, 0.2) is 42.5 Å². The Hall–Kier alpha value is -3.68. The fourth-order valence-corrected chi connectivity index (χ4v) is 2.40. The number of rotatable bonds is 9. The van der Waals surface area contributed by atoms with Gasteiger partial charge in [-0.25, -0.2) is 4.79 Å². The van der Waals surface area contributed by atoms with Crippen molar-refractivity contribution in [1.29, 1.82) is 0 Å². The lowest BCUT2D eigenvalue weighted by molar-refractivity contribution is -0.142. The fourth-order valence-electron chi connectivity index (χ4n) is 2.40. The minimum atomic E-state index is -0.674. The number of ether oxygens (including phenoxy) is 5. The van der Waals surface area contributed by atoms with Crippen molar-refractivity contribution in [1.82, 2.24) is 0 Å². The lowest BCUT2D eigenvalue weighted by Crippen LogP contribution is -2.20. The first-order chi connectivity index (χ1) is 14.0. The van der Waals surface area contributed by atoms with E-state index in [0.717, 1.165) is 0 Å². The predicted octanol–water partition coefficient (Wildman–Crippen LogP) is 2.92. The number of amides is 1. The molecule has 29 heavy (non-hydrogen) atoms. The highest BCUT2D eigenvalue weighted by atomic mass is 16.5. The molecule has 8 heteroatoms. The van der Waals surface area contributed by atoms with Crippen LogP contribution in [0.3, 0.4) is 0 Å². The summed E-state index contributed by atoms with van der Waals surface area (Å²) in [7, 11) is 6.07. The van der Waals surface area contributed by atoms with Crippen LogP contribution in [0, 0.1) is 0 Å². The van der Waals surface area contributed by atoms with Crippen molar-refractivity contribution in [2.24, 2.45) is 0 Å². The number of benzene rings is 2. The third-order valence-electron chi connectivity index (χ3n) is 3.86. The minimum absolute atomic E-state index is 0.425. The third-order valence-corrected chi connectivity index (χ3v) is 3.86. The van der Waals surface area contributed by atoms with Crippen LogP contribution in [-0.4, -0.2) is 46.9 Å². The van der Waals surface area contributed by atoms with Gasteiger partial charge in [-0.3, -0.25) is 4.79 Å². The van der Waals surface area contributed by atoms with Crippen molar-refractivity contribution in [3.8, 4) is 23.0 Å². The van der Waals surface area contributed by atoms with E-state index in [1.807, 2.05) is 0 Å². The van der Waals surface area contributed by atoms with Crippen LogP contribution in [0.2, 0.25) is 0 Å². The largest absolute Gasteiger partial charge is 0.497 e. The second-order valence-corrected chi connectivity index (χ2v) is 5.66. The van der Waals surface area contributed by atoms with Crippen LogP contribution in [0.4, 0.5) is 5.69 Å². The number of methoxy groups -OCH3 is 4. The smallest absolute Gasteiger partial charge is 0.331 e. The lowest BCUT2D eigenvalue weighted by Gasteiger charge is -2.11. The standard InChI is InChI=1S/C21H23NO7/c1-25-15-7-9-18(27-3)14(11-15)5-10-21(24)29-13-20(23)22-17-8-6-16(26-2)12-19(17)28-4/h5-12H,13H2,1-4H3,(H,22,23)/b10-5+. The molecule has 2 rings (SSSR count). The second-order valence-electron chi connectivity index (χ2n) is 5.66. The van der Waals surface area contributed by atoms with E-state index in [4.69, 9.17) is 23.7 Å². The van der Waals surface area contributed by atoms with Gasteiger partial charge in [-0.2, -0.15) is 0 Å². The Morgan fingerprint density at radius 1 is 0.862 bits per heavy atom. The van der Waals surface area contributed by atoms with Gasteiger partial charge < -0.3 is 29.0 Å². The molecule has 0 saturated heterocycles. The molecule has 0 fully saturated rings. The molecular formula is C21H23NO7. The molecule has 0 saturated carbocycles. The van der Waals surface area contributed by atoms with Gasteiger partial charge in [0.15, 0.2) is 6.61 Å². The van der Waals surface area contributed by atoms with Crippen LogP contribution in [-0.2, 0) is 14.3 Å². The van der Waals surface area contributed by atoms with E-state index in [1.54, 1.807) is 43.5 Å². The summed E-state index contributed by atoms with van der Waals surface area (Å²) in [6.45, 7) is -0.451. The molecule has 0 unspecified atom stereocenters. The van der Waals surface area contributed by atoms with Crippen molar-refractivity contribution in [3.05, 3.63) is 48.0 Å². The molecule has 0 spiro atoms. The van der Waals surface area contributed by atoms with Gasteiger partial charge in [-0.1, -0.05) is 0 Å². The third kappa shape index (κ3) is 6.17. The lowest BCUT2D eigenvalue weighted by atomic mass is 10.1. The van der Waals surface area contributed by atoms with Gasteiger partial charge in [0, 0.05) is 17.7 Å². The number of esters is 1. The van der Waals surface area contributed by atoms with E-state index in [0.29, 0.717) is 34.2 Å². The normalized spacial score (nSPS) is 10.3. The molecule has 8 nitrogen and oxygen atoms in total. The molecule has 0 aromatic heterocycles. The fraction of sp³-hybridized carbons (Fsp3) is 0.238. The first-order valence-electron chi connectivity index (χ1n) is 8.59. The van der Waals surface area contributed by atoms with Gasteiger partial charge >= 0.3 is 5.97 Å². The summed E-state index contributed by atoms with van der Waals surface area (Å²) in [5, 5.41) is 2.62. The zero-order valence-electron chi connectivity index (χ0n) is 16.7. The first kappa shape index (κ1) is 21.6. The Balaban J connectivity index is 1.94. The van der Waals surface area contributed by atoms with E-state index in [-0.39, 0.29) is 0 Å².